The summed E-state index contributed by atoms with van der Waals surface area (Å²) in [4.78, 5) is 3.35. The predicted octanol–water partition coefficient (Wildman–Crippen LogP) is 3.27. The van der Waals surface area contributed by atoms with Crippen LogP contribution < -0.4 is 5.32 Å². The first-order chi connectivity index (χ1) is 8.04. The Labute approximate surface area is 114 Å². The van der Waals surface area contributed by atoms with Gasteiger partial charge < -0.3 is 10.2 Å². The minimum absolute atomic E-state index is 0.341. The molecule has 4 heteroatoms. The van der Waals surface area contributed by atoms with Crippen LogP contribution in [0.2, 0.25) is 5.02 Å². The van der Waals surface area contributed by atoms with Crippen molar-refractivity contribution in [2.24, 2.45) is 0 Å². The van der Waals surface area contributed by atoms with Gasteiger partial charge in [-0.25, -0.2) is 0 Å². The molecule has 96 valence electrons. The van der Waals surface area contributed by atoms with Gasteiger partial charge in [0.15, 0.2) is 0 Å². The smallest absolute Gasteiger partial charge is 0.0545 e. The molecular weight excluding hydrogens is 252 g/mol. The monoisotopic (exact) mass is 272 g/mol. The number of thioether (sulfide) groups is 1. The Kier molecular flexibility index (Phi) is 6.34. The number of nitrogens with one attached hydrogen (secondary N) is 1. The third kappa shape index (κ3) is 4.88. The molecule has 0 heterocycles. The Morgan fingerprint density at radius 3 is 2.65 bits per heavy atom. The molecule has 0 aliphatic rings. The number of rotatable bonds is 6. The van der Waals surface area contributed by atoms with Crippen molar-refractivity contribution < 1.29 is 0 Å². The summed E-state index contributed by atoms with van der Waals surface area (Å²) < 4.78 is 0. The highest BCUT2D eigenvalue weighted by Crippen LogP contribution is 2.29. The van der Waals surface area contributed by atoms with E-state index in [2.05, 4.69) is 49.4 Å². The lowest BCUT2D eigenvalue weighted by atomic mass is 10.1. The van der Waals surface area contributed by atoms with Crippen LogP contribution in [0.5, 0.6) is 0 Å². The van der Waals surface area contributed by atoms with Gasteiger partial charge >= 0.3 is 0 Å². The maximum atomic E-state index is 6.28. The molecular formula is C13H21ClN2S. The van der Waals surface area contributed by atoms with Crippen LogP contribution in [0.15, 0.2) is 23.1 Å². The van der Waals surface area contributed by atoms with Gasteiger partial charge in [0.1, 0.15) is 0 Å². The number of hydrogen-bond donors (Lipinski definition) is 1. The van der Waals surface area contributed by atoms with Gasteiger partial charge in [-0.2, -0.15) is 0 Å². The number of nitrogens with zero attached hydrogens (tertiary/aromatic N) is 1. The van der Waals surface area contributed by atoms with Crippen LogP contribution in [0.1, 0.15) is 18.5 Å². The molecule has 1 unspecified atom stereocenters. The minimum atomic E-state index is 0.341. The summed E-state index contributed by atoms with van der Waals surface area (Å²) in [5.41, 5.74) is 1.23. The van der Waals surface area contributed by atoms with E-state index in [9.17, 15) is 0 Å². The van der Waals surface area contributed by atoms with Gasteiger partial charge in [0.25, 0.3) is 0 Å². The van der Waals surface area contributed by atoms with E-state index in [1.165, 1.54) is 10.5 Å². The molecule has 2 nitrogen and oxygen atoms in total. The highest BCUT2D eigenvalue weighted by atomic mass is 35.5. The molecule has 0 aliphatic carbocycles. The van der Waals surface area contributed by atoms with Crippen molar-refractivity contribution in [3.63, 3.8) is 0 Å². The van der Waals surface area contributed by atoms with E-state index in [0.717, 1.165) is 17.3 Å². The summed E-state index contributed by atoms with van der Waals surface area (Å²) in [6, 6.07) is 6.66. The van der Waals surface area contributed by atoms with Crippen LogP contribution in [-0.2, 0) is 0 Å². The quantitative estimate of drug-likeness (QED) is 0.800. The van der Waals surface area contributed by atoms with E-state index in [-0.39, 0.29) is 0 Å². The van der Waals surface area contributed by atoms with Crippen molar-refractivity contribution >= 4 is 23.4 Å². The molecule has 1 atom stereocenters. The molecule has 0 spiro atoms. The maximum Gasteiger partial charge on any atom is 0.0545 e. The first-order valence-corrected chi connectivity index (χ1v) is 7.15. The third-order valence-electron chi connectivity index (χ3n) is 2.69. The predicted molar refractivity (Wildman–Crippen MR) is 78.2 cm³/mol. The zero-order chi connectivity index (χ0) is 12.8. The van der Waals surface area contributed by atoms with Crippen molar-refractivity contribution in [1.29, 1.82) is 0 Å². The zero-order valence-corrected chi connectivity index (χ0v) is 12.5. The van der Waals surface area contributed by atoms with Crippen LogP contribution in [-0.4, -0.2) is 38.3 Å². The molecule has 1 N–H and O–H groups in total. The highest BCUT2D eigenvalue weighted by molar-refractivity contribution is 7.99. The summed E-state index contributed by atoms with van der Waals surface area (Å²) in [7, 11) is 6.12. The fraction of sp³-hybridized carbons (Fsp3) is 0.538. The summed E-state index contributed by atoms with van der Waals surface area (Å²) in [5.74, 6) is 1.06. The molecule has 1 aromatic rings. The molecule has 0 amide bonds. The van der Waals surface area contributed by atoms with E-state index < -0.39 is 0 Å². The van der Waals surface area contributed by atoms with Crippen LogP contribution >= 0.6 is 23.4 Å². The lowest BCUT2D eigenvalue weighted by Gasteiger charge is -2.13. The topological polar surface area (TPSA) is 15.3 Å². The average Bonchev–Trinajstić information content (AvgIpc) is 2.29. The van der Waals surface area contributed by atoms with Gasteiger partial charge in [-0.15, -0.1) is 11.8 Å². The van der Waals surface area contributed by atoms with E-state index in [1.54, 1.807) is 0 Å². The first-order valence-electron chi connectivity index (χ1n) is 5.79. The van der Waals surface area contributed by atoms with Gasteiger partial charge in [-0.05, 0) is 45.8 Å². The number of halogens is 1. The Morgan fingerprint density at radius 2 is 2.12 bits per heavy atom. The second kappa shape index (κ2) is 7.27. The highest BCUT2D eigenvalue weighted by Gasteiger charge is 2.06. The van der Waals surface area contributed by atoms with E-state index in [0.29, 0.717) is 6.04 Å². The van der Waals surface area contributed by atoms with Crippen molar-refractivity contribution in [2.45, 2.75) is 17.9 Å². The largest absolute Gasteiger partial charge is 0.313 e. The van der Waals surface area contributed by atoms with Gasteiger partial charge in [0.05, 0.1) is 5.02 Å². The SMILES string of the molecule is CNC(C)c1ccc(SCCN(C)C)c(Cl)c1. The molecule has 0 aromatic heterocycles. The van der Waals surface area contributed by atoms with Crippen LogP contribution in [0.3, 0.4) is 0 Å². The standard InChI is InChI=1S/C13H21ClN2S/c1-10(15-2)11-5-6-13(12(14)9-11)17-8-7-16(3)4/h5-6,9-10,15H,7-8H2,1-4H3. The molecule has 17 heavy (non-hydrogen) atoms. The molecule has 1 rings (SSSR count). The fourth-order valence-electron chi connectivity index (χ4n) is 1.41. The summed E-state index contributed by atoms with van der Waals surface area (Å²) in [6.07, 6.45) is 0. The van der Waals surface area contributed by atoms with Crippen LogP contribution in [0.25, 0.3) is 0 Å². The van der Waals surface area contributed by atoms with Gasteiger partial charge in [-0.1, -0.05) is 17.7 Å². The first kappa shape index (κ1) is 14.8. The zero-order valence-electron chi connectivity index (χ0n) is 11.0. The van der Waals surface area contributed by atoms with Gasteiger partial charge in [0, 0.05) is 23.2 Å². The fourth-order valence-corrected chi connectivity index (χ4v) is 2.80. The third-order valence-corrected chi connectivity index (χ3v) is 4.16. The molecule has 0 fully saturated rings. The molecule has 1 aromatic carbocycles. The number of hydrogen-bond acceptors (Lipinski definition) is 3. The number of benzene rings is 1. The van der Waals surface area contributed by atoms with Gasteiger partial charge in [-0.3, -0.25) is 0 Å². The normalized spacial score (nSPS) is 13.1. The second-order valence-corrected chi connectivity index (χ2v) is 5.90. The lowest BCUT2D eigenvalue weighted by Crippen LogP contribution is -2.14. The van der Waals surface area contributed by atoms with Crippen molar-refractivity contribution in [2.75, 3.05) is 33.4 Å². The summed E-state index contributed by atoms with van der Waals surface area (Å²) >= 11 is 8.09. The Balaban J connectivity index is 2.63. The Bertz CT molecular complexity index is 355. The van der Waals surface area contributed by atoms with E-state index >= 15 is 0 Å². The summed E-state index contributed by atoms with van der Waals surface area (Å²) in [6.45, 7) is 3.19. The lowest BCUT2D eigenvalue weighted by molar-refractivity contribution is 0.437. The van der Waals surface area contributed by atoms with Crippen molar-refractivity contribution in [3.05, 3.63) is 28.8 Å². The molecule has 0 saturated carbocycles. The second-order valence-electron chi connectivity index (χ2n) is 4.35. The average molecular weight is 273 g/mol. The molecule has 0 aliphatic heterocycles. The van der Waals surface area contributed by atoms with E-state index in [4.69, 9.17) is 11.6 Å². The van der Waals surface area contributed by atoms with Crippen molar-refractivity contribution in [1.82, 2.24) is 10.2 Å². The Hall–Kier alpha value is -0.220. The van der Waals surface area contributed by atoms with Gasteiger partial charge in [0.2, 0.25) is 0 Å². The summed E-state index contributed by atoms with van der Waals surface area (Å²) in [5, 5.41) is 4.07. The maximum absolute atomic E-state index is 6.28. The van der Waals surface area contributed by atoms with Crippen molar-refractivity contribution in [3.8, 4) is 0 Å². The Morgan fingerprint density at radius 1 is 1.41 bits per heavy atom. The van der Waals surface area contributed by atoms with Crippen LogP contribution in [0.4, 0.5) is 0 Å². The molecule has 0 bridgehead atoms. The van der Waals surface area contributed by atoms with Crippen LogP contribution in [0, 0.1) is 0 Å². The van der Waals surface area contributed by atoms with E-state index in [1.807, 2.05) is 18.8 Å². The molecule has 0 radical (unpaired) electrons. The minimum Gasteiger partial charge on any atom is -0.313 e. The molecule has 0 saturated heterocycles.